The first-order valence-electron chi connectivity index (χ1n) is 5.92. The highest BCUT2D eigenvalue weighted by molar-refractivity contribution is 5.83. The van der Waals surface area contributed by atoms with Crippen LogP contribution in [0.4, 0.5) is 5.95 Å². The number of hydrogen-bond acceptors (Lipinski definition) is 5. The van der Waals surface area contributed by atoms with Crippen molar-refractivity contribution in [2.24, 2.45) is 0 Å². The first kappa shape index (κ1) is 10.2. The van der Waals surface area contributed by atoms with Crippen molar-refractivity contribution in [3.05, 3.63) is 53.9 Å². The summed E-state index contributed by atoms with van der Waals surface area (Å²) in [6, 6.07) is 0. The lowest BCUT2D eigenvalue weighted by Gasteiger charge is -2.05. The van der Waals surface area contributed by atoms with Gasteiger partial charge in [-0.2, -0.15) is 0 Å². The monoisotopic (exact) mass is 250 g/mol. The first-order valence-corrected chi connectivity index (χ1v) is 5.92. The summed E-state index contributed by atoms with van der Waals surface area (Å²) in [7, 11) is 0. The Labute approximate surface area is 108 Å². The van der Waals surface area contributed by atoms with Crippen LogP contribution in [0.1, 0.15) is 16.8 Å². The van der Waals surface area contributed by atoms with E-state index < -0.39 is 0 Å². The molecule has 4 rings (SSSR count). The molecule has 6 heteroatoms. The molecule has 2 N–H and O–H groups in total. The third kappa shape index (κ3) is 1.50. The molecule has 0 atom stereocenters. The van der Waals surface area contributed by atoms with E-state index in [-0.39, 0.29) is 0 Å². The van der Waals surface area contributed by atoms with Crippen LogP contribution in [0.2, 0.25) is 0 Å². The Morgan fingerprint density at radius 2 is 2.11 bits per heavy atom. The maximum absolute atomic E-state index is 5.61. The van der Waals surface area contributed by atoms with Crippen molar-refractivity contribution in [3.63, 3.8) is 0 Å². The Morgan fingerprint density at radius 3 is 3.05 bits per heavy atom. The standard InChI is InChI=1S/C13H10N6/c14-12-16-6-10-9(1-2-11(10)18-12)8-5-17-13-15-3-4-19(13)7-8/h1,3-7H,2H2,(H2,14,16,18). The molecule has 0 saturated heterocycles. The molecule has 0 bridgehead atoms. The van der Waals surface area contributed by atoms with E-state index in [1.165, 1.54) is 0 Å². The van der Waals surface area contributed by atoms with Gasteiger partial charge < -0.3 is 5.73 Å². The van der Waals surface area contributed by atoms with Gasteiger partial charge in [0.15, 0.2) is 0 Å². The fourth-order valence-corrected chi connectivity index (χ4v) is 2.35. The molecular formula is C13H10N6. The molecule has 3 heterocycles. The maximum Gasteiger partial charge on any atom is 0.233 e. The normalized spacial score (nSPS) is 13.6. The van der Waals surface area contributed by atoms with Crippen molar-refractivity contribution in [2.75, 3.05) is 5.73 Å². The lowest BCUT2D eigenvalue weighted by Crippen LogP contribution is -2.00. The second-order valence-electron chi connectivity index (χ2n) is 4.39. The molecule has 0 amide bonds. The highest BCUT2D eigenvalue weighted by Gasteiger charge is 2.18. The minimum absolute atomic E-state index is 0.316. The number of rotatable bonds is 1. The number of hydrogen-bond donors (Lipinski definition) is 1. The highest BCUT2D eigenvalue weighted by atomic mass is 15.1. The fraction of sp³-hybridized carbons (Fsp3) is 0.0769. The Morgan fingerprint density at radius 1 is 1.16 bits per heavy atom. The van der Waals surface area contributed by atoms with E-state index in [0.717, 1.165) is 28.8 Å². The lowest BCUT2D eigenvalue weighted by molar-refractivity contribution is 1.07. The number of nitrogens with two attached hydrogens (primary N) is 1. The predicted molar refractivity (Wildman–Crippen MR) is 70.2 cm³/mol. The van der Waals surface area contributed by atoms with Gasteiger partial charge >= 0.3 is 0 Å². The van der Waals surface area contributed by atoms with Gasteiger partial charge in [0.2, 0.25) is 11.7 Å². The van der Waals surface area contributed by atoms with Crippen LogP contribution in [0.3, 0.4) is 0 Å². The summed E-state index contributed by atoms with van der Waals surface area (Å²) in [6.07, 6.45) is 12.1. The number of anilines is 1. The molecule has 0 saturated carbocycles. The Balaban J connectivity index is 1.86. The first-order chi connectivity index (χ1) is 9.31. The van der Waals surface area contributed by atoms with Gasteiger partial charge in [-0.15, -0.1) is 0 Å². The summed E-state index contributed by atoms with van der Waals surface area (Å²) in [5, 5.41) is 0. The average Bonchev–Trinajstić information content (AvgIpc) is 3.02. The van der Waals surface area contributed by atoms with E-state index in [2.05, 4.69) is 26.0 Å². The minimum atomic E-state index is 0.316. The van der Waals surface area contributed by atoms with Crippen molar-refractivity contribution in [1.29, 1.82) is 0 Å². The van der Waals surface area contributed by atoms with Gasteiger partial charge in [0.25, 0.3) is 0 Å². The van der Waals surface area contributed by atoms with Crippen LogP contribution in [0.5, 0.6) is 0 Å². The van der Waals surface area contributed by atoms with E-state index in [9.17, 15) is 0 Å². The SMILES string of the molecule is Nc1ncc2c(n1)CC=C2c1cnc2nccn2c1. The average molecular weight is 250 g/mol. The minimum Gasteiger partial charge on any atom is -0.368 e. The number of allylic oxidation sites excluding steroid dienone is 1. The van der Waals surface area contributed by atoms with Crippen LogP contribution in [0, 0.1) is 0 Å². The van der Waals surface area contributed by atoms with E-state index in [0.29, 0.717) is 11.7 Å². The molecule has 1 aliphatic rings. The molecule has 6 nitrogen and oxygen atoms in total. The molecule has 0 unspecified atom stereocenters. The van der Waals surface area contributed by atoms with Crippen LogP contribution in [-0.2, 0) is 6.42 Å². The molecule has 1 aliphatic carbocycles. The Hall–Kier alpha value is -2.76. The zero-order valence-corrected chi connectivity index (χ0v) is 9.98. The molecule has 92 valence electrons. The van der Waals surface area contributed by atoms with Gasteiger partial charge in [-0.1, -0.05) is 6.08 Å². The number of fused-ring (bicyclic) bond motifs is 2. The van der Waals surface area contributed by atoms with E-state index in [4.69, 9.17) is 5.73 Å². The Bertz CT molecular complexity index is 817. The van der Waals surface area contributed by atoms with Crippen molar-refractivity contribution in [3.8, 4) is 0 Å². The van der Waals surface area contributed by atoms with Crippen LogP contribution in [-0.4, -0.2) is 24.3 Å². The van der Waals surface area contributed by atoms with E-state index in [1.54, 1.807) is 12.4 Å². The molecule has 3 aromatic heterocycles. The molecule has 0 spiro atoms. The zero-order chi connectivity index (χ0) is 12.8. The Kier molecular flexibility index (Phi) is 1.94. The van der Waals surface area contributed by atoms with Gasteiger partial charge in [0, 0.05) is 48.5 Å². The maximum atomic E-state index is 5.61. The summed E-state index contributed by atoms with van der Waals surface area (Å²) in [5.41, 5.74) is 9.72. The third-order valence-corrected chi connectivity index (χ3v) is 3.23. The van der Waals surface area contributed by atoms with Crippen LogP contribution >= 0.6 is 0 Å². The van der Waals surface area contributed by atoms with Crippen molar-refractivity contribution < 1.29 is 0 Å². The predicted octanol–water partition coefficient (Wildman–Crippen LogP) is 1.09. The summed E-state index contributed by atoms with van der Waals surface area (Å²) in [6.45, 7) is 0. The van der Waals surface area contributed by atoms with Gasteiger partial charge in [-0.25, -0.2) is 19.9 Å². The zero-order valence-electron chi connectivity index (χ0n) is 9.98. The highest BCUT2D eigenvalue weighted by Crippen LogP contribution is 2.30. The molecule has 3 aromatic rings. The number of imidazole rings is 1. The van der Waals surface area contributed by atoms with Crippen LogP contribution < -0.4 is 5.73 Å². The van der Waals surface area contributed by atoms with Crippen molar-refractivity contribution >= 4 is 17.3 Å². The molecule has 0 fully saturated rings. The topological polar surface area (TPSA) is 82.0 Å². The second-order valence-corrected chi connectivity index (χ2v) is 4.39. The third-order valence-electron chi connectivity index (χ3n) is 3.23. The molecule has 0 aliphatic heterocycles. The molecule has 0 radical (unpaired) electrons. The molecular weight excluding hydrogens is 240 g/mol. The smallest absolute Gasteiger partial charge is 0.233 e. The van der Waals surface area contributed by atoms with Gasteiger partial charge in [0.05, 0.1) is 5.69 Å². The van der Waals surface area contributed by atoms with Gasteiger partial charge in [0.1, 0.15) is 0 Å². The number of nitrogen functional groups attached to an aromatic ring is 1. The van der Waals surface area contributed by atoms with Crippen LogP contribution in [0.15, 0.2) is 37.1 Å². The number of aromatic nitrogens is 5. The van der Waals surface area contributed by atoms with E-state index >= 15 is 0 Å². The van der Waals surface area contributed by atoms with Crippen LogP contribution in [0.25, 0.3) is 11.4 Å². The quantitative estimate of drug-likeness (QED) is 0.699. The second kappa shape index (κ2) is 3.61. The summed E-state index contributed by atoms with van der Waals surface area (Å²) in [4.78, 5) is 16.8. The largest absolute Gasteiger partial charge is 0.368 e. The van der Waals surface area contributed by atoms with Crippen molar-refractivity contribution in [2.45, 2.75) is 6.42 Å². The summed E-state index contributed by atoms with van der Waals surface area (Å²) in [5.74, 6) is 1.01. The summed E-state index contributed by atoms with van der Waals surface area (Å²) < 4.78 is 1.90. The fourth-order valence-electron chi connectivity index (χ4n) is 2.35. The number of nitrogens with zero attached hydrogens (tertiary/aromatic N) is 5. The van der Waals surface area contributed by atoms with E-state index in [1.807, 2.05) is 23.0 Å². The lowest BCUT2D eigenvalue weighted by atomic mass is 10.1. The van der Waals surface area contributed by atoms with Crippen molar-refractivity contribution in [1.82, 2.24) is 24.3 Å². The molecule has 19 heavy (non-hydrogen) atoms. The summed E-state index contributed by atoms with van der Waals surface area (Å²) >= 11 is 0. The van der Waals surface area contributed by atoms with Gasteiger partial charge in [-0.05, 0) is 5.57 Å². The van der Waals surface area contributed by atoms with Gasteiger partial charge in [-0.3, -0.25) is 4.40 Å². The molecule has 0 aromatic carbocycles.